The fraction of sp³-hybridized carbons (Fsp3) is 1.00. The van der Waals surface area contributed by atoms with Crippen molar-refractivity contribution in [3.8, 4) is 0 Å². The van der Waals surface area contributed by atoms with Crippen molar-refractivity contribution in [2.24, 2.45) is 28.6 Å². The summed E-state index contributed by atoms with van der Waals surface area (Å²) in [4.78, 5) is 5.04. The Kier molecular flexibility index (Phi) is 3.50. The molecule has 0 aromatic rings. The molecule has 4 rings (SSSR count). The minimum absolute atomic E-state index is 0.0935. The highest BCUT2D eigenvalue weighted by molar-refractivity contribution is 5.17. The van der Waals surface area contributed by atoms with E-state index in [0.717, 1.165) is 51.4 Å². The van der Waals surface area contributed by atoms with Crippen LogP contribution in [0, 0.1) is 28.6 Å². The first-order valence-corrected chi connectivity index (χ1v) is 9.48. The van der Waals surface area contributed by atoms with Crippen LogP contribution in [0.4, 0.5) is 0 Å². The third-order valence-electron chi connectivity index (χ3n) is 8.75. The van der Waals surface area contributed by atoms with Gasteiger partial charge in [0, 0.05) is 0 Å². The highest BCUT2D eigenvalue weighted by Gasteiger charge is 2.67. The third-order valence-corrected chi connectivity index (χ3v) is 8.75. The summed E-state index contributed by atoms with van der Waals surface area (Å²) in [6, 6.07) is 0. The van der Waals surface area contributed by atoms with Crippen molar-refractivity contribution in [2.75, 3.05) is 6.61 Å². The lowest BCUT2D eigenvalue weighted by Crippen LogP contribution is -2.59. The summed E-state index contributed by atoms with van der Waals surface area (Å²) < 4.78 is 0. The molecule has 132 valence electrons. The van der Waals surface area contributed by atoms with Crippen molar-refractivity contribution in [3.63, 3.8) is 0 Å². The van der Waals surface area contributed by atoms with Gasteiger partial charge >= 0.3 is 0 Å². The largest absolute Gasteiger partial charge is 0.393 e. The second-order valence-corrected chi connectivity index (χ2v) is 9.69. The van der Waals surface area contributed by atoms with Crippen LogP contribution in [0.3, 0.4) is 0 Å². The summed E-state index contributed by atoms with van der Waals surface area (Å²) in [5.41, 5.74) is -0.903. The number of aliphatic hydroxyl groups is 2. The van der Waals surface area contributed by atoms with Gasteiger partial charge in [-0.1, -0.05) is 6.92 Å². The van der Waals surface area contributed by atoms with Crippen molar-refractivity contribution in [1.82, 2.24) is 0 Å². The molecule has 0 aromatic heterocycles. The molecule has 0 aromatic carbocycles. The molecule has 0 radical (unpaired) electrons. The van der Waals surface area contributed by atoms with Crippen molar-refractivity contribution in [3.05, 3.63) is 0 Å². The average Bonchev–Trinajstić information content (AvgIpc) is 2.74. The second-order valence-electron chi connectivity index (χ2n) is 9.69. The fourth-order valence-corrected chi connectivity index (χ4v) is 7.86. The lowest BCUT2D eigenvalue weighted by Gasteiger charge is -2.63. The highest BCUT2D eigenvalue weighted by atomic mass is 17.1. The van der Waals surface area contributed by atoms with Gasteiger partial charge in [0.2, 0.25) is 0 Å². The van der Waals surface area contributed by atoms with Gasteiger partial charge in [-0.2, -0.15) is 0 Å². The number of rotatable bonds is 2. The van der Waals surface area contributed by atoms with E-state index in [1.165, 1.54) is 6.42 Å². The van der Waals surface area contributed by atoms with Crippen molar-refractivity contribution in [2.45, 2.75) is 82.8 Å². The molecular weight excluding hydrogens is 292 g/mol. The zero-order valence-electron chi connectivity index (χ0n) is 14.6. The predicted octanol–water partition coefficient (Wildman–Crippen LogP) is 3.36. The fourth-order valence-electron chi connectivity index (χ4n) is 7.86. The molecular formula is C19H32O4. The average molecular weight is 324 g/mol. The molecule has 0 saturated heterocycles. The number of hydrogen-bond acceptors (Lipinski definition) is 4. The number of aliphatic hydroxyl groups excluding tert-OH is 1. The summed E-state index contributed by atoms with van der Waals surface area (Å²) in [5.74, 6) is 1.25. The molecule has 0 aliphatic heterocycles. The van der Waals surface area contributed by atoms with Crippen LogP contribution >= 0.6 is 0 Å². The van der Waals surface area contributed by atoms with Crippen molar-refractivity contribution >= 4 is 0 Å². The van der Waals surface area contributed by atoms with Crippen LogP contribution in [0.5, 0.6) is 0 Å². The summed E-state index contributed by atoms with van der Waals surface area (Å²) in [6.45, 7) is 4.40. The standard InChI is InChI=1S/C19H32O4/c1-16-7-3-8-17(2,23-22)14(16)6-9-18-10-13(4-5-15(16)18)19(21,11-18)12-20/h13-15,20-22H,3-12H2,1-2H3/t13-,14+,15+,16-,17+,18+,19-/m1/s1. The first-order chi connectivity index (χ1) is 10.8. The molecule has 4 saturated carbocycles. The Morgan fingerprint density at radius 3 is 2.52 bits per heavy atom. The molecule has 7 atom stereocenters. The Bertz CT molecular complexity index is 496. The smallest absolute Gasteiger partial charge is 0.104 e. The molecule has 2 bridgehead atoms. The van der Waals surface area contributed by atoms with E-state index < -0.39 is 11.2 Å². The van der Waals surface area contributed by atoms with Gasteiger partial charge in [0.15, 0.2) is 0 Å². The Morgan fingerprint density at radius 2 is 1.83 bits per heavy atom. The maximum absolute atomic E-state index is 10.9. The zero-order chi connectivity index (χ0) is 16.5. The molecule has 1 spiro atoms. The normalized spacial score (nSPS) is 58.6. The van der Waals surface area contributed by atoms with E-state index >= 15 is 0 Å². The third kappa shape index (κ3) is 1.98. The number of hydrogen-bond donors (Lipinski definition) is 3. The van der Waals surface area contributed by atoms with E-state index in [-0.39, 0.29) is 23.4 Å². The molecule has 23 heavy (non-hydrogen) atoms. The molecule has 3 N–H and O–H groups in total. The number of fused-ring (bicyclic) bond motifs is 3. The van der Waals surface area contributed by atoms with Crippen LogP contribution in [-0.4, -0.2) is 33.3 Å². The van der Waals surface area contributed by atoms with Crippen LogP contribution in [0.1, 0.15) is 71.6 Å². The lowest BCUT2D eigenvalue weighted by atomic mass is 9.43. The zero-order valence-corrected chi connectivity index (χ0v) is 14.6. The Labute approximate surface area is 139 Å². The van der Waals surface area contributed by atoms with Crippen LogP contribution in [0.25, 0.3) is 0 Å². The summed E-state index contributed by atoms with van der Waals surface area (Å²) >= 11 is 0. The summed E-state index contributed by atoms with van der Waals surface area (Å²) in [7, 11) is 0. The molecule has 0 heterocycles. The van der Waals surface area contributed by atoms with Gasteiger partial charge in [-0.25, -0.2) is 4.89 Å². The van der Waals surface area contributed by atoms with Crippen LogP contribution in [0.15, 0.2) is 0 Å². The van der Waals surface area contributed by atoms with Gasteiger partial charge in [0.25, 0.3) is 0 Å². The monoisotopic (exact) mass is 324 g/mol. The van der Waals surface area contributed by atoms with Gasteiger partial charge in [0.05, 0.1) is 12.2 Å². The summed E-state index contributed by atoms with van der Waals surface area (Å²) in [5, 5.41) is 30.3. The van der Waals surface area contributed by atoms with E-state index in [9.17, 15) is 15.5 Å². The van der Waals surface area contributed by atoms with Gasteiger partial charge in [-0.15, -0.1) is 0 Å². The SMILES string of the molecule is C[C@@]12CCC[C@](C)(OO)[C@H]1CC[C@@]13C[C@@H](CC[C@H]12)[C@](O)(CO)C3. The van der Waals surface area contributed by atoms with Gasteiger partial charge < -0.3 is 10.2 Å². The molecule has 4 heteroatoms. The molecule has 4 aliphatic rings. The topological polar surface area (TPSA) is 69.9 Å². The van der Waals surface area contributed by atoms with Crippen LogP contribution in [-0.2, 0) is 4.89 Å². The maximum Gasteiger partial charge on any atom is 0.104 e. The van der Waals surface area contributed by atoms with E-state index in [0.29, 0.717) is 11.8 Å². The van der Waals surface area contributed by atoms with Gasteiger partial charge in [-0.3, -0.25) is 5.26 Å². The molecule has 0 amide bonds. The quantitative estimate of drug-likeness (QED) is 0.538. The van der Waals surface area contributed by atoms with Crippen molar-refractivity contribution < 1.29 is 20.4 Å². The Morgan fingerprint density at radius 1 is 1.04 bits per heavy atom. The summed E-state index contributed by atoms with van der Waals surface area (Å²) in [6.07, 6.45) is 9.44. The van der Waals surface area contributed by atoms with Gasteiger partial charge in [0.1, 0.15) is 5.60 Å². The minimum Gasteiger partial charge on any atom is -0.393 e. The highest BCUT2D eigenvalue weighted by Crippen LogP contribution is 2.72. The second kappa shape index (κ2) is 4.94. The maximum atomic E-state index is 10.9. The first kappa shape index (κ1) is 16.3. The molecule has 0 unspecified atom stereocenters. The van der Waals surface area contributed by atoms with E-state index in [2.05, 4.69) is 13.8 Å². The lowest BCUT2D eigenvalue weighted by molar-refractivity contribution is -0.359. The Balaban J connectivity index is 1.71. The van der Waals surface area contributed by atoms with Gasteiger partial charge in [-0.05, 0) is 93.3 Å². The minimum atomic E-state index is -0.858. The van der Waals surface area contributed by atoms with E-state index in [1.54, 1.807) is 0 Å². The van der Waals surface area contributed by atoms with Crippen molar-refractivity contribution in [1.29, 1.82) is 0 Å². The first-order valence-electron chi connectivity index (χ1n) is 9.48. The molecule has 4 nitrogen and oxygen atoms in total. The Hall–Kier alpha value is -0.160. The molecule has 4 aliphatic carbocycles. The van der Waals surface area contributed by atoms with Crippen LogP contribution in [0.2, 0.25) is 0 Å². The van der Waals surface area contributed by atoms with Crippen LogP contribution < -0.4 is 0 Å². The van der Waals surface area contributed by atoms with E-state index in [4.69, 9.17) is 4.89 Å². The predicted molar refractivity (Wildman–Crippen MR) is 86.7 cm³/mol. The molecule has 4 fully saturated rings. The van der Waals surface area contributed by atoms with E-state index in [1.807, 2.05) is 0 Å².